The third-order valence-corrected chi connectivity index (χ3v) is 2.27. The number of hydrogen-bond acceptors (Lipinski definition) is 3. The first-order chi connectivity index (χ1) is 6.15. The van der Waals surface area contributed by atoms with Crippen molar-refractivity contribution < 1.29 is 0 Å². The lowest BCUT2D eigenvalue weighted by Gasteiger charge is -2.02. The van der Waals surface area contributed by atoms with Gasteiger partial charge in [0.25, 0.3) is 5.56 Å². The highest BCUT2D eigenvalue weighted by Gasteiger charge is 2.00. The number of H-pyrrole nitrogens is 1. The van der Waals surface area contributed by atoms with Gasteiger partial charge in [-0.05, 0) is 13.2 Å². The van der Waals surface area contributed by atoms with Crippen LogP contribution < -0.4 is 11.2 Å². The van der Waals surface area contributed by atoms with Gasteiger partial charge in [-0.25, -0.2) is 4.79 Å². The van der Waals surface area contributed by atoms with Gasteiger partial charge in [0, 0.05) is 24.1 Å². The number of aryl methyl sites for hydroxylation is 1. The summed E-state index contributed by atoms with van der Waals surface area (Å²) in [6.45, 7) is 2.16. The molecule has 0 bridgehead atoms. The van der Waals surface area contributed by atoms with Crippen molar-refractivity contribution in [1.82, 2.24) is 9.55 Å². The van der Waals surface area contributed by atoms with Crippen molar-refractivity contribution >= 4 is 11.8 Å². The minimum Gasteiger partial charge on any atom is -0.311 e. The van der Waals surface area contributed by atoms with Gasteiger partial charge in [0.05, 0.1) is 0 Å². The SMILES string of the molecule is CSCCn1c(=O)cc(C)[nH]c1=O. The molecule has 0 saturated heterocycles. The molecule has 0 spiro atoms. The first-order valence-corrected chi connectivity index (χ1v) is 5.34. The van der Waals surface area contributed by atoms with Crippen molar-refractivity contribution in [3.8, 4) is 0 Å². The molecule has 1 aromatic rings. The summed E-state index contributed by atoms with van der Waals surface area (Å²) < 4.78 is 1.21. The van der Waals surface area contributed by atoms with Gasteiger partial charge in [-0.2, -0.15) is 11.8 Å². The molecule has 0 aliphatic rings. The Kier molecular flexibility index (Phi) is 3.36. The number of thioether (sulfide) groups is 1. The van der Waals surface area contributed by atoms with E-state index in [2.05, 4.69) is 4.98 Å². The first-order valence-electron chi connectivity index (χ1n) is 3.95. The van der Waals surface area contributed by atoms with Gasteiger partial charge in [-0.15, -0.1) is 0 Å². The zero-order valence-corrected chi connectivity index (χ0v) is 8.48. The van der Waals surface area contributed by atoms with E-state index in [0.29, 0.717) is 12.2 Å². The molecule has 1 aromatic heterocycles. The van der Waals surface area contributed by atoms with Gasteiger partial charge in [0.1, 0.15) is 0 Å². The highest BCUT2D eigenvalue weighted by atomic mass is 32.2. The number of nitrogens with zero attached hydrogens (tertiary/aromatic N) is 1. The molecule has 13 heavy (non-hydrogen) atoms. The molecule has 0 atom stereocenters. The van der Waals surface area contributed by atoms with Crippen LogP contribution in [-0.2, 0) is 6.54 Å². The van der Waals surface area contributed by atoms with Crippen molar-refractivity contribution in [3.05, 3.63) is 32.6 Å². The quantitative estimate of drug-likeness (QED) is 0.758. The van der Waals surface area contributed by atoms with Crippen molar-refractivity contribution in [3.63, 3.8) is 0 Å². The molecular formula is C8H12N2O2S. The molecule has 0 aliphatic heterocycles. The second-order valence-electron chi connectivity index (χ2n) is 2.74. The number of aromatic amines is 1. The molecule has 1 heterocycles. The van der Waals surface area contributed by atoms with Crippen LogP contribution in [0, 0.1) is 6.92 Å². The maximum absolute atomic E-state index is 11.3. The Labute approximate surface area is 80.0 Å². The third-order valence-electron chi connectivity index (χ3n) is 1.67. The summed E-state index contributed by atoms with van der Waals surface area (Å²) >= 11 is 1.61. The van der Waals surface area contributed by atoms with Gasteiger partial charge in [-0.3, -0.25) is 9.36 Å². The van der Waals surface area contributed by atoms with E-state index in [-0.39, 0.29) is 11.2 Å². The highest BCUT2D eigenvalue weighted by molar-refractivity contribution is 7.98. The molecule has 0 fully saturated rings. The van der Waals surface area contributed by atoms with Gasteiger partial charge in [0.2, 0.25) is 0 Å². The molecule has 0 unspecified atom stereocenters. The van der Waals surface area contributed by atoms with E-state index in [4.69, 9.17) is 0 Å². The van der Waals surface area contributed by atoms with E-state index in [0.717, 1.165) is 5.75 Å². The van der Waals surface area contributed by atoms with Crippen LogP contribution in [0.15, 0.2) is 15.7 Å². The van der Waals surface area contributed by atoms with E-state index in [1.807, 2.05) is 6.26 Å². The van der Waals surface area contributed by atoms with Gasteiger partial charge >= 0.3 is 5.69 Å². The first kappa shape index (κ1) is 10.1. The van der Waals surface area contributed by atoms with Crippen molar-refractivity contribution in [1.29, 1.82) is 0 Å². The van der Waals surface area contributed by atoms with Crippen LogP contribution in [0.5, 0.6) is 0 Å². The fraction of sp³-hybridized carbons (Fsp3) is 0.500. The Balaban J connectivity index is 3.07. The molecule has 4 nitrogen and oxygen atoms in total. The summed E-state index contributed by atoms with van der Waals surface area (Å²) in [5.41, 5.74) is 0.0600. The zero-order chi connectivity index (χ0) is 9.84. The van der Waals surface area contributed by atoms with Crippen LogP contribution in [0.4, 0.5) is 0 Å². The van der Waals surface area contributed by atoms with Gasteiger partial charge < -0.3 is 4.98 Å². The second-order valence-corrected chi connectivity index (χ2v) is 3.73. The second kappa shape index (κ2) is 4.32. The summed E-state index contributed by atoms with van der Waals surface area (Å²) in [5.74, 6) is 0.770. The highest BCUT2D eigenvalue weighted by Crippen LogP contribution is 1.90. The smallest absolute Gasteiger partial charge is 0.311 e. The zero-order valence-electron chi connectivity index (χ0n) is 7.66. The number of nitrogens with one attached hydrogen (secondary N) is 1. The molecule has 0 aromatic carbocycles. The van der Waals surface area contributed by atoms with Crippen LogP contribution in [0.25, 0.3) is 0 Å². The molecule has 0 radical (unpaired) electrons. The summed E-state index contributed by atoms with van der Waals surface area (Å²) in [5, 5.41) is 0. The van der Waals surface area contributed by atoms with E-state index in [1.54, 1.807) is 18.7 Å². The summed E-state index contributed by atoms with van der Waals surface area (Å²) in [6.07, 6.45) is 1.94. The maximum Gasteiger partial charge on any atom is 0.328 e. The fourth-order valence-corrected chi connectivity index (χ4v) is 1.39. The van der Waals surface area contributed by atoms with Gasteiger partial charge in [0.15, 0.2) is 0 Å². The number of hydrogen-bond donors (Lipinski definition) is 1. The van der Waals surface area contributed by atoms with Crippen LogP contribution >= 0.6 is 11.8 Å². The van der Waals surface area contributed by atoms with Crippen molar-refractivity contribution in [2.24, 2.45) is 0 Å². The largest absolute Gasteiger partial charge is 0.328 e. The molecule has 0 amide bonds. The van der Waals surface area contributed by atoms with Crippen LogP contribution in [0.3, 0.4) is 0 Å². The molecule has 72 valence electrons. The Bertz CT molecular complexity index is 363. The Morgan fingerprint density at radius 2 is 2.23 bits per heavy atom. The monoisotopic (exact) mass is 200 g/mol. The van der Waals surface area contributed by atoms with Crippen molar-refractivity contribution in [2.45, 2.75) is 13.5 Å². The van der Waals surface area contributed by atoms with Crippen LogP contribution in [0.1, 0.15) is 5.69 Å². The minimum atomic E-state index is -0.320. The molecule has 0 aliphatic carbocycles. The van der Waals surface area contributed by atoms with Crippen LogP contribution in [0.2, 0.25) is 0 Å². The Morgan fingerprint density at radius 3 is 2.77 bits per heavy atom. The van der Waals surface area contributed by atoms with Gasteiger partial charge in [-0.1, -0.05) is 0 Å². The molecule has 1 N–H and O–H groups in total. The molecule has 5 heteroatoms. The Morgan fingerprint density at radius 1 is 1.54 bits per heavy atom. The predicted octanol–water partition coefficient (Wildman–Crippen LogP) is 0.208. The standard InChI is InChI=1S/C8H12N2O2S/c1-6-5-7(11)10(3-4-13-2)8(12)9-6/h5H,3-4H2,1-2H3,(H,9,12). The maximum atomic E-state index is 11.3. The van der Waals surface area contributed by atoms with E-state index in [9.17, 15) is 9.59 Å². The third kappa shape index (κ3) is 2.48. The summed E-state index contributed by atoms with van der Waals surface area (Å²) in [6, 6.07) is 1.43. The number of aromatic nitrogens is 2. The fourth-order valence-electron chi connectivity index (χ4n) is 1.03. The molecular weight excluding hydrogens is 188 g/mol. The van der Waals surface area contributed by atoms with E-state index >= 15 is 0 Å². The topological polar surface area (TPSA) is 54.9 Å². The lowest BCUT2D eigenvalue weighted by Crippen LogP contribution is -2.35. The minimum absolute atomic E-state index is 0.227. The normalized spacial score (nSPS) is 10.3. The molecule has 0 saturated carbocycles. The van der Waals surface area contributed by atoms with Crippen molar-refractivity contribution in [2.75, 3.05) is 12.0 Å². The lowest BCUT2D eigenvalue weighted by atomic mass is 10.4. The summed E-state index contributed by atoms with van der Waals surface area (Å²) in [7, 11) is 0. The summed E-state index contributed by atoms with van der Waals surface area (Å²) in [4.78, 5) is 25.2. The van der Waals surface area contributed by atoms with Crippen LogP contribution in [-0.4, -0.2) is 21.6 Å². The number of rotatable bonds is 3. The Hall–Kier alpha value is -0.970. The average Bonchev–Trinajstić information content (AvgIpc) is 2.02. The average molecular weight is 200 g/mol. The van der Waals surface area contributed by atoms with E-state index in [1.165, 1.54) is 10.6 Å². The van der Waals surface area contributed by atoms with E-state index < -0.39 is 0 Å². The predicted molar refractivity (Wildman–Crippen MR) is 54.4 cm³/mol. The lowest BCUT2D eigenvalue weighted by molar-refractivity contribution is 0.674. The molecule has 1 rings (SSSR count).